The fraction of sp³-hybridized carbons (Fsp3) is 0.263. The van der Waals surface area contributed by atoms with Gasteiger partial charge in [-0.05, 0) is 49.7 Å². The van der Waals surface area contributed by atoms with E-state index >= 15 is 0 Å². The molecular formula is C19H20BrClN2O4. The van der Waals surface area contributed by atoms with Crippen molar-refractivity contribution in [2.45, 2.75) is 13.8 Å². The lowest BCUT2D eigenvalue weighted by Crippen LogP contribution is -2.18. The lowest BCUT2D eigenvalue weighted by atomic mass is 10.2. The largest absolute Gasteiger partial charge is 0.496 e. The monoisotopic (exact) mass is 454 g/mol. The zero-order valence-electron chi connectivity index (χ0n) is 15.2. The number of benzene rings is 2. The number of methoxy groups -OCH3 is 1. The van der Waals surface area contributed by atoms with Crippen molar-refractivity contribution < 1.29 is 19.0 Å². The number of carbonyl (C=O) groups excluding carboxylic acids is 1. The van der Waals surface area contributed by atoms with Gasteiger partial charge in [0.25, 0.3) is 5.91 Å². The van der Waals surface area contributed by atoms with E-state index in [0.29, 0.717) is 46.6 Å². The van der Waals surface area contributed by atoms with Crippen LogP contribution in [0, 0.1) is 0 Å². The molecule has 0 saturated heterocycles. The highest BCUT2D eigenvalue weighted by atomic mass is 79.9. The second-order valence-corrected chi connectivity index (χ2v) is 6.56. The van der Waals surface area contributed by atoms with Crippen LogP contribution in [0.15, 0.2) is 39.9 Å². The van der Waals surface area contributed by atoms with Gasteiger partial charge in [-0.25, -0.2) is 5.43 Å². The Morgan fingerprint density at radius 2 is 1.93 bits per heavy atom. The van der Waals surface area contributed by atoms with Crippen LogP contribution < -0.4 is 19.6 Å². The average molecular weight is 456 g/mol. The second kappa shape index (κ2) is 10.2. The van der Waals surface area contributed by atoms with Crippen LogP contribution >= 0.6 is 27.5 Å². The van der Waals surface area contributed by atoms with Gasteiger partial charge in [0.2, 0.25) is 0 Å². The van der Waals surface area contributed by atoms with Crippen molar-refractivity contribution in [1.29, 1.82) is 0 Å². The predicted molar refractivity (Wildman–Crippen MR) is 110 cm³/mol. The third kappa shape index (κ3) is 5.61. The maximum Gasteiger partial charge on any atom is 0.275 e. The molecule has 0 aliphatic carbocycles. The Morgan fingerprint density at radius 1 is 1.19 bits per heavy atom. The molecule has 8 heteroatoms. The summed E-state index contributed by atoms with van der Waals surface area (Å²) in [5.41, 5.74) is 3.50. The highest BCUT2D eigenvalue weighted by Gasteiger charge is 2.13. The van der Waals surface area contributed by atoms with Gasteiger partial charge in [0, 0.05) is 4.47 Å². The lowest BCUT2D eigenvalue weighted by Gasteiger charge is -2.13. The SMILES string of the molecule is CCOc1cc(/C=N\NC(=O)c2cc(Br)ccc2OC)cc(Cl)c1OCC. The van der Waals surface area contributed by atoms with E-state index in [4.69, 9.17) is 25.8 Å². The van der Waals surface area contributed by atoms with Crippen LogP contribution in [0.25, 0.3) is 0 Å². The zero-order chi connectivity index (χ0) is 19.8. The van der Waals surface area contributed by atoms with E-state index in [9.17, 15) is 4.79 Å². The first-order valence-electron chi connectivity index (χ1n) is 8.26. The lowest BCUT2D eigenvalue weighted by molar-refractivity contribution is 0.0952. The quantitative estimate of drug-likeness (QED) is 0.464. The standard InChI is InChI=1S/C19H20BrClN2O4/c1-4-26-17-9-12(8-15(21)18(17)27-5-2)11-22-23-19(24)14-10-13(20)6-7-16(14)25-3/h6-11H,4-5H2,1-3H3,(H,23,24)/b22-11-. The fourth-order valence-electron chi connectivity index (χ4n) is 2.29. The maximum atomic E-state index is 12.3. The molecular weight excluding hydrogens is 436 g/mol. The topological polar surface area (TPSA) is 69.2 Å². The van der Waals surface area contributed by atoms with E-state index in [0.717, 1.165) is 4.47 Å². The van der Waals surface area contributed by atoms with Crippen molar-refractivity contribution in [3.63, 3.8) is 0 Å². The molecule has 0 aromatic heterocycles. The molecule has 0 unspecified atom stereocenters. The minimum absolute atomic E-state index is 0.365. The molecule has 0 atom stereocenters. The first kappa shape index (κ1) is 21.1. The average Bonchev–Trinajstić information content (AvgIpc) is 2.64. The van der Waals surface area contributed by atoms with E-state index < -0.39 is 5.91 Å². The number of hydrogen-bond acceptors (Lipinski definition) is 5. The van der Waals surface area contributed by atoms with Gasteiger partial charge >= 0.3 is 0 Å². The number of rotatable bonds is 8. The summed E-state index contributed by atoms with van der Waals surface area (Å²) in [7, 11) is 1.50. The summed E-state index contributed by atoms with van der Waals surface area (Å²) in [4.78, 5) is 12.3. The Hall–Kier alpha value is -2.25. The van der Waals surface area contributed by atoms with Crippen LogP contribution in [0.2, 0.25) is 5.02 Å². The Morgan fingerprint density at radius 3 is 2.59 bits per heavy atom. The molecule has 27 heavy (non-hydrogen) atoms. The molecule has 2 rings (SSSR count). The van der Waals surface area contributed by atoms with Crippen molar-refractivity contribution in [3.05, 3.63) is 51.0 Å². The third-order valence-corrected chi connectivity index (χ3v) is 4.18. The minimum Gasteiger partial charge on any atom is -0.496 e. The summed E-state index contributed by atoms with van der Waals surface area (Å²) in [6.07, 6.45) is 1.48. The molecule has 0 fully saturated rings. The van der Waals surface area contributed by atoms with Crippen LogP contribution in [-0.4, -0.2) is 32.4 Å². The molecule has 0 saturated carbocycles. The van der Waals surface area contributed by atoms with E-state index in [1.54, 1.807) is 30.3 Å². The summed E-state index contributed by atoms with van der Waals surface area (Å²) < 4.78 is 17.1. The van der Waals surface area contributed by atoms with E-state index in [2.05, 4.69) is 26.5 Å². The van der Waals surface area contributed by atoms with Crippen LogP contribution in [0.5, 0.6) is 17.2 Å². The van der Waals surface area contributed by atoms with Gasteiger partial charge in [0.1, 0.15) is 5.75 Å². The Labute approximate surface area is 171 Å². The van der Waals surface area contributed by atoms with Crippen LogP contribution in [0.1, 0.15) is 29.8 Å². The summed E-state index contributed by atoms with van der Waals surface area (Å²) in [5.74, 6) is 1.06. The number of hydrogen-bond donors (Lipinski definition) is 1. The second-order valence-electron chi connectivity index (χ2n) is 5.24. The first-order chi connectivity index (χ1) is 13.0. The molecule has 0 spiro atoms. The normalized spacial score (nSPS) is 10.7. The number of carbonyl (C=O) groups is 1. The number of amides is 1. The molecule has 2 aromatic carbocycles. The highest BCUT2D eigenvalue weighted by Crippen LogP contribution is 2.36. The smallest absolute Gasteiger partial charge is 0.275 e. The number of nitrogens with one attached hydrogen (secondary N) is 1. The van der Waals surface area contributed by atoms with Crippen molar-refractivity contribution in [2.24, 2.45) is 5.10 Å². The molecule has 0 aliphatic rings. The van der Waals surface area contributed by atoms with E-state index in [1.807, 2.05) is 13.8 Å². The molecule has 0 bridgehead atoms. The Balaban J connectivity index is 2.18. The Bertz CT molecular complexity index is 843. The Kier molecular flexibility index (Phi) is 7.94. The van der Waals surface area contributed by atoms with Gasteiger partial charge in [-0.15, -0.1) is 0 Å². The predicted octanol–water partition coefficient (Wildman–Crippen LogP) is 4.67. The highest BCUT2D eigenvalue weighted by molar-refractivity contribution is 9.10. The van der Waals surface area contributed by atoms with Gasteiger partial charge in [-0.1, -0.05) is 27.5 Å². The fourth-order valence-corrected chi connectivity index (χ4v) is 2.93. The zero-order valence-corrected chi connectivity index (χ0v) is 17.6. The van der Waals surface area contributed by atoms with Gasteiger partial charge in [-0.3, -0.25) is 4.79 Å². The minimum atomic E-state index is -0.397. The van der Waals surface area contributed by atoms with Crippen LogP contribution in [0.3, 0.4) is 0 Å². The van der Waals surface area contributed by atoms with Gasteiger partial charge in [0.15, 0.2) is 11.5 Å². The molecule has 2 aromatic rings. The van der Waals surface area contributed by atoms with Crippen LogP contribution in [-0.2, 0) is 0 Å². The third-order valence-electron chi connectivity index (χ3n) is 3.41. The molecule has 0 radical (unpaired) electrons. The summed E-state index contributed by atoms with van der Waals surface area (Å²) in [5, 5.41) is 4.40. The van der Waals surface area contributed by atoms with Crippen molar-refractivity contribution in [2.75, 3.05) is 20.3 Å². The van der Waals surface area contributed by atoms with Gasteiger partial charge < -0.3 is 14.2 Å². The van der Waals surface area contributed by atoms with E-state index in [-0.39, 0.29) is 0 Å². The molecule has 0 aliphatic heterocycles. The molecule has 6 nitrogen and oxygen atoms in total. The molecule has 1 N–H and O–H groups in total. The van der Waals surface area contributed by atoms with Gasteiger partial charge in [0.05, 0.1) is 37.1 Å². The first-order valence-corrected chi connectivity index (χ1v) is 9.43. The molecule has 0 heterocycles. The van der Waals surface area contributed by atoms with Gasteiger partial charge in [-0.2, -0.15) is 5.10 Å². The van der Waals surface area contributed by atoms with Crippen LogP contribution in [0.4, 0.5) is 0 Å². The number of hydrazone groups is 1. The summed E-state index contributed by atoms with van der Waals surface area (Å²) >= 11 is 9.60. The van der Waals surface area contributed by atoms with Crippen molar-refractivity contribution >= 4 is 39.7 Å². The molecule has 1 amide bonds. The number of nitrogens with zero attached hydrogens (tertiary/aromatic N) is 1. The number of ether oxygens (including phenoxy) is 3. The van der Waals surface area contributed by atoms with E-state index in [1.165, 1.54) is 13.3 Å². The van der Waals surface area contributed by atoms with Crippen molar-refractivity contribution in [3.8, 4) is 17.2 Å². The summed E-state index contributed by atoms with van der Waals surface area (Å²) in [6.45, 7) is 4.68. The number of halogens is 2. The summed E-state index contributed by atoms with van der Waals surface area (Å²) in [6, 6.07) is 8.57. The maximum absolute atomic E-state index is 12.3. The molecule has 144 valence electrons. The van der Waals surface area contributed by atoms with Crippen molar-refractivity contribution in [1.82, 2.24) is 5.43 Å².